The van der Waals surface area contributed by atoms with Gasteiger partial charge < -0.3 is 10.2 Å². The van der Waals surface area contributed by atoms with Crippen molar-refractivity contribution in [3.63, 3.8) is 0 Å². The number of rotatable bonds is 4. The monoisotopic (exact) mass is 282 g/mol. The summed E-state index contributed by atoms with van der Waals surface area (Å²) < 4.78 is 0. The van der Waals surface area contributed by atoms with Crippen molar-refractivity contribution < 1.29 is 4.79 Å². The number of aryl methyl sites for hydroxylation is 1. The molecule has 1 N–H and O–H groups in total. The number of anilines is 1. The molecule has 1 aromatic rings. The van der Waals surface area contributed by atoms with Crippen molar-refractivity contribution in [2.45, 2.75) is 26.2 Å². The van der Waals surface area contributed by atoms with E-state index in [1.807, 2.05) is 31.3 Å². The molecule has 1 atom stereocenters. The predicted molar refractivity (Wildman–Crippen MR) is 82.0 cm³/mol. The summed E-state index contributed by atoms with van der Waals surface area (Å²) in [5, 5.41) is 3.34. The Morgan fingerprint density at radius 3 is 2.63 bits per heavy atom. The Morgan fingerprint density at radius 1 is 1.37 bits per heavy atom. The summed E-state index contributed by atoms with van der Waals surface area (Å²) in [6, 6.07) is 8.09. The Hall–Kier alpha value is -1.06. The first-order valence-electron chi connectivity index (χ1n) is 6.71. The minimum Gasteiger partial charge on any atom is -0.316 e. The molecular formula is C15H23ClN2O. The molecule has 1 aliphatic rings. The van der Waals surface area contributed by atoms with Crippen LogP contribution >= 0.6 is 12.4 Å². The van der Waals surface area contributed by atoms with E-state index in [1.165, 1.54) is 12.0 Å². The molecule has 0 radical (unpaired) electrons. The molecule has 1 unspecified atom stereocenters. The molecule has 2 rings (SSSR count). The first-order chi connectivity index (χ1) is 8.66. The van der Waals surface area contributed by atoms with Crippen LogP contribution in [0.1, 0.15) is 24.8 Å². The highest BCUT2D eigenvalue weighted by atomic mass is 35.5. The van der Waals surface area contributed by atoms with Crippen LogP contribution in [-0.2, 0) is 4.79 Å². The van der Waals surface area contributed by atoms with E-state index in [4.69, 9.17) is 0 Å². The van der Waals surface area contributed by atoms with Crippen LogP contribution in [0.3, 0.4) is 0 Å². The standard InChI is InChI=1S/C15H22N2O.ClH/c1-12-3-6-14(7-4-12)17(2)15(18)8-5-13-9-10-16-11-13;/h3-4,6-7,13,16H,5,8-11H2,1-2H3;1H. The maximum Gasteiger partial charge on any atom is 0.226 e. The molecule has 3 nitrogen and oxygen atoms in total. The highest BCUT2D eigenvalue weighted by molar-refractivity contribution is 5.92. The van der Waals surface area contributed by atoms with E-state index in [0.29, 0.717) is 12.3 Å². The van der Waals surface area contributed by atoms with Gasteiger partial charge in [0.1, 0.15) is 0 Å². The summed E-state index contributed by atoms with van der Waals surface area (Å²) >= 11 is 0. The largest absolute Gasteiger partial charge is 0.316 e. The maximum atomic E-state index is 12.1. The van der Waals surface area contributed by atoms with Gasteiger partial charge in [-0.1, -0.05) is 17.7 Å². The summed E-state index contributed by atoms with van der Waals surface area (Å²) in [6.45, 7) is 4.23. The minimum atomic E-state index is 0. The molecule has 1 amide bonds. The van der Waals surface area contributed by atoms with Gasteiger partial charge in [0.25, 0.3) is 0 Å². The van der Waals surface area contributed by atoms with Crippen LogP contribution in [0, 0.1) is 12.8 Å². The van der Waals surface area contributed by atoms with Gasteiger partial charge in [-0.25, -0.2) is 0 Å². The molecule has 1 aromatic carbocycles. The third-order valence-corrected chi connectivity index (χ3v) is 3.72. The fourth-order valence-corrected chi connectivity index (χ4v) is 2.37. The number of carbonyl (C=O) groups is 1. The lowest BCUT2D eigenvalue weighted by atomic mass is 10.0. The van der Waals surface area contributed by atoms with Crippen LogP contribution < -0.4 is 10.2 Å². The lowest BCUT2D eigenvalue weighted by Gasteiger charge is -2.18. The second-order valence-electron chi connectivity index (χ2n) is 5.19. The van der Waals surface area contributed by atoms with E-state index in [-0.39, 0.29) is 18.3 Å². The minimum absolute atomic E-state index is 0. The SMILES string of the molecule is Cc1ccc(N(C)C(=O)CCC2CCNC2)cc1.Cl. The van der Waals surface area contributed by atoms with E-state index < -0.39 is 0 Å². The highest BCUT2D eigenvalue weighted by Crippen LogP contribution is 2.18. The second kappa shape index (κ2) is 7.51. The zero-order valence-corrected chi connectivity index (χ0v) is 12.5. The molecule has 0 aromatic heterocycles. The van der Waals surface area contributed by atoms with Crippen LogP contribution in [0.4, 0.5) is 5.69 Å². The summed E-state index contributed by atoms with van der Waals surface area (Å²) in [5.41, 5.74) is 2.20. The number of halogens is 1. The fraction of sp³-hybridized carbons (Fsp3) is 0.533. The van der Waals surface area contributed by atoms with Gasteiger partial charge >= 0.3 is 0 Å². The number of nitrogens with zero attached hydrogens (tertiary/aromatic N) is 1. The van der Waals surface area contributed by atoms with E-state index in [2.05, 4.69) is 12.2 Å². The lowest BCUT2D eigenvalue weighted by molar-refractivity contribution is -0.118. The van der Waals surface area contributed by atoms with Crippen LogP contribution in [-0.4, -0.2) is 26.0 Å². The van der Waals surface area contributed by atoms with Crippen molar-refractivity contribution in [3.05, 3.63) is 29.8 Å². The Kier molecular flexibility index (Phi) is 6.32. The Balaban J connectivity index is 0.00000180. The topological polar surface area (TPSA) is 32.3 Å². The number of hydrogen-bond donors (Lipinski definition) is 1. The fourth-order valence-electron chi connectivity index (χ4n) is 2.37. The van der Waals surface area contributed by atoms with Crippen LogP contribution in [0.25, 0.3) is 0 Å². The molecule has 1 fully saturated rings. The molecule has 0 bridgehead atoms. The average molecular weight is 283 g/mol. The van der Waals surface area contributed by atoms with Crippen molar-refractivity contribution in [2.75, 3.05) is 25.0 Å². The first kappa shape index (κ1) is 16.0. The van der Waals surface area contributed by atoms with Gasteiger partial charge in [-0.15, -0.1) is 12.4 Å². The van der Waals surface area contributed by atoms with Gasteiger partial charge in [0.2, 0.25) is 5.91 Å². The van der Waals surface area contributed by atoms with Crippen molar-refractivity contribution in [1.82, 2.24) is 5.32 Å². The van der Waals surface area contributed by atoms with Gasteiger partial charge in [0, 0.05) is 19.2 Å². The van der Waals surface area contributed by atoms with Gasteiger partial charge in [0.05, 0.1) is 0 Å². The third-order valence-electron chi connectivity index (χ3n) is 3.72. The molecule has 106 valence electrons. The highest BCUT2D eigenvalue weighted by Gasteiger charge is 2.17. The molecule has 0 spiro atoms. The van der Waals surface area contributed by atoms with Gasteiger partial charge in [-0.3, -0.25) is 4.79 Å². The predicted octanol–water partition coefficient (Wildman–Crippen LogP) is 2.77. The molecule has 4 heteroatoms. The number of hydrogen-bond acceptors (Lipinski definition) is 2. The Morgan fingerprint density at radius 2 is 2.05 bits per heavy atom. The average Bonchev–Trinajstić information content (AvgIpc) is 2.89. The van der Waals surface area contributed by atoms with Gasteiger partial charge in [-0.05, 0) is 50.9 Å². The van der Waals surface area contributed by atoms with Crippen molar-refractivity contribution >= 4 is 24.0 Å². The zero-order chi connectivity index (χ0) is 13.0. The first-order valence-corrected chi connectivity index (χ1v) is 6.71. The van der Waals surface area contributed by atoms with Crippen molar-refractivity contribution in [3.8, 4) is 0 Å². The molecule has 1 saturated heterocycles. The normalized spacial score (nSPS) is 17.9. The second-order valence-corrected chi connectivity index (χ2v) is 5.19. The van der Waals surface area contributed by atoms with Crippen molar-refractivity contribution in [2.24, 2.45) is 5.92 Å². The third kappa shape index (κ3) is 4.51. The molecule has 0 saturated carbocycles. The number of amides is 1. The van der Waals surface area contributed by atoms with Crippen molar-refractivity contribution in [1.29, 1.82) is 0 Å². The van der Waals surface area contributed by atoms with E-state index in [0.717, 1.165) is 25.2 Å². The molecule has 19 heavy (non-hydrogen) atoms. The molecule has 1 heterocycles. The van der Waals surface area contributed by atoms with E-state index >= 15 is 0 Å². The quantitative estimate of drug-likeness (QED) is 0.921. The number of benzene rings is 1. The summed E-state index contributed by atoms with van der Waals surface area (Å²) in [6.07, 6.45) is 2.86. The summed E-state index contributed by atoms with van der Waals surface area (Å²) in [5.74, 6) is 0.895. The molecule has 1 aliphatic heterocycles. The van der Waals surface area contributed by atoms with Crippen LogP contribution in [0.2, 0.25) is 0 Å². The zero-order valence-electron chi connectivity index (χ0n) is 11.7. The molecule has 0 aliphatic carbocycles. The van der Waals surface area contributed by atoms with Gasteiger partial charge in [-0.2, -0.15) is 0 Å². The Bertz CT molecular complexity index is 399. The smallest absolute Gasteiger partial charge is 0.226 e. The van der Waals surface area contributed by atoms with Crippen LogP contribution in [0.5, 0.6) is 0 Å². The number of nitrogens with one attached hydrogen (secondary N) is 1. The lowest BCUT2D eigenvalue weighted by Crippen LogP contribution is -2.26. The summed E-state index contributed by atoms with van der Waals surface area (Å²) in [7, 11) is 1.86. The van der Waals surface area contributed by atoms with Crippen LogP contribution in [0.15, 0.2) is 24.3 Å². The Labute approximate surface area is 121 Å². The van der Waals surface area contributed by atoms with E-state index in [9.17, 15) is 4.79 Å². The van der Waals surface area contributed by atoms with E-state index in [1.54, 1.807) is 4.90 Å². The number of carbonyl (C=O) groups excluding carboxylic acids is 1. The summed E-state index contributed by atoms with van der Waals surface area (Å²) in [4.78, 5) is 13.9. The molecular weight excluding hydrogens is 260 g/mol. The van der Waals surface area contributed by atoms with Gasteiger partial charge in [0.15, 0.2) is 0 Å². The maximum absolute atomic E-state index is 12.1.